The maximum Gasteiger partial charge on any atom is 0.0731 e. The molecule has 1 aliphatic rings. The predicted molar refractivity (Wildman–Crippen MR) is 75.9 cm³/mol. The van der Waals surface area contributed by atoms with E-state index >= 15 is 0 Å². The zero-order chi connectivity index (χ0) is 13.0. The van der Waals surface area contributed by atoms with Gasteiger partial charge in [0.15, 0.2) is 0 Å². The van der Waals surface area contributed by atoms with E-state index in [2.05, 4.69) is 19.2 Å². The highest BCUT2D eigenvalue weighted by atomic mass is 35.5. The van der Waals surface area contributed by atoms with Crippen LogP contribution >= 0.6 is 11.6 Å². The third kappa shape index (κ3) is 4.60. The van der Waals surface area contributed by atoms with Crippen LogP contribution in [0, 0.1) is 5.41 Å². The molecule has 0 atom stereocenters. The van der Waals surface area contributed by atoms with Gasteiger partial charge in [-0.25, -0.2) is 0 Å². The van der Waals surface area contributed by atoms with Crippen molar-refractivity contribution in [2.75, 3.05) is 13.2 Å². The fourth-order valence-corrected chi connectivity index (χ4v) is 2.00. The number of nitrogens with one attached hydrogen (secondary N) is 1. The second-order valence-corrected chi connectivity index (χ2v) is 6.31. The number of benzene rings is 1. The zero-order valence-electron chi connectivity index (χ0n) is 11.2. The molecule has 0 heterocycles. The number of rotatable bonds is 7. The summed E-state index contributed by atoms with van der Waals surface area (Å²) in [7, 11) is 0. The standard InChI is InChI=1S/C15H22ClNO/c1-15(2,10-17-13-7-8-13)11-18-9-12-5-3-4-6-14(12)16/h3-6,13,17H,7-11H2,1-2H3. The maximum absolute atomic E-state index is 6.09. The summed E-state index contributed by atoms with van der Waals surface area (Å²) in [5.41, 5.74) is 1.23. The minimum absolute atomic E-state index is 0.170. The van der Waals surface area contributed by atoms with Crippen molar-refractivity contribution in [2.45, 2.75) is 39.3 Å². The summed E-state index contributed by atoms with van der Waals surface area (Å²) in [5.74, 6) is 0. The summed E-state index contributed by atoms with van der Waals surface area (Å²) in [4.78, 5) is 0. The van der Waals surface area contributed by atoms with Crippen LogP contribution in [-0.2, 0) is 11.3 Å². The Bertz CT molecular complexity index is 388. The monoisotopic (exact) mass is 267 g/mol. The Hall–Kier alpha value is -0.570. The van der Waals surface area contributed by atoms with Gasteiger partial charge >= 0.3 is 0 Å². The predicted octanol–water partition coefficient (Wildman–Crippen LogP) is 3.63. The second-order valence-electron chi connectivity index (χ2n) is 5.90. The third-order valence-electron chi connectivity index (χ3n) is 3.15. The highest BCUT2D eigenvalue weighted by molar-refractivity contribution is 6.31. The van der Waals surface area contributed by atoms with Crippen LogP contribution in [-0.4, -0.2) is 19.2 Å². The highest BCUT2D eigenvalue weighted by Gasteiger charge is 2.25. The van der Waals surface area contributed by atoms with Gasteiger partial charge in [-0.15, -0.1) is 0 Å². The van der Waals surface area contributed by atoms with Gasteiger partial charge in [-0.1, -0.05) is 43.6 Å². The summed E-state index contributed by atoms with van der Waals surface area (Å²) in [6, 6.07) is 8.60. The van der Waals surface area contributed by atoms with E-state index in [4.69, 9.17) is 16.3 Å². The van der Waals surface area contributed by atoms with E-state index in [-0.39, 0.29) is 5.41 Å². The van der Waals surface area contributed by atoms with Crippen LogP contribution in [0.2, 0.25) is 5.02 Å². The number of halogens is 1. The van der Waals surface area contributed by atoms with Crippen molar-refractivity contribution in [3.8, 4) is 0 Å². The smallest absolute Gasteiger partial charge is 0.0731 e. The SMILES string of the molecule is CC(C)(CNC1CC1)COCc1ccccc1Cl. The first-order chi connectivity index (χ1) is 8.57. The van der Waals surface area contributed by atoms with Gasteiger partial charge in [0.05, 0.1) is 13.2 Å². The van der Waals surface area contributed by atoms with Gasteiger partial charge in [0, 0.05) is 23.0 Å². The van der Waals surface area contributed by atoms with Gasteiger partial charge < -0.3 is 10.1 Å². The Morgan fingerprint density at radius 2 is 2.06 bits per heavy atom. The molecule has 1 fully saturated rings. The molecule has 0 amide bonds. The van der Waals surface area contributed by atoms with Gasteiger partial charge in [0.25, 0.3) is 0 Å². The molecule has 0 aliphatic heterocycles. The average Bonchev–Trinajstić information content (AvgIpc) is 3.13. The summed E-state index contributed by atoms with van der Waals surface area (Å²) in [6.45, 7) is 6.81. The van der Waals surface area contributed by atoms with Crippen LogP contribution in [0.1, 0.15) is 32.3 Å². The maximum atomic E-state index is 6.09. The molecule has 0 spiro atoms. The van der Waals surface area contributed by atoms with Gasteiger partial charge in [0.2, 0.25) is 0 Å². The zero-order valence-corrected chi connectivity index (χ0v) is 12.0. The highest BCUT2D eigenvalue weighted by Crippen LogP contribution is 2.23. The van der Waals surface area contributed by atoms with Crippen LogP contribution in [0.25, 0.3) is 0 Å². The van der Waals surface area contributed by atoms with Gasteiger partial charge in [-0.05, 0) is 24.5 Å². The summed E-state index contributed by atoms with van der Waals surface area (Å²) in [5, 5.41) is 4.33. The van der Waals surface area contributed by atoms with Crippen molar-refractivity contribution >= 4 is 11.6 Å². The summed E-state index contributed by atoms with van der Waals surface area (Å²) < 4.78 is 5.79. The molecule has 1 N–H and O–H groups in total. The first-order valence-electron chi connectivity index (χ1n) is 6.61. The Kier molecular flexibility index (Phi) is 4.66. The number of hydrogen-bond acceptors (Lipinski definition) is 2. The Labute approximate surface area is 115 Å². The van der Waals surface area contributed by atoms with Crippen molar-refractivity contribution < 1.29 is 4.74 Å². The molecule has 1 saturated carbocycles. The molecule has 0 aromatic heterocycles. The molecule has 1 aromatic carbocycles. The topological polar surface area (TPSA) is 21.3 Å². The lowest BCUT2D eigenvalue weighted by atomic mass is 9.95. The van der Waals surface area contributed by atoms with Crippen LogP contribution < -0.4 is 5.32 Å². The summed E-state index contributed by atoms with van der Waals surface area (Å²) in [6.07, 6.45) is 2.66. The van der Waals surface area contributed by atoms with Crippen molar-refractivity contribution in [2.24, 2.45) is 5.41 Å². The molecule has 0 radical (unpaired) electrons. The Morgan fingerprint density at radius 1 is 1.33 bits per heavy atom. The first kappa shape index (κ1) is 13.9. The molecule has 2 rings (SSSR count). The van der Waals surface area contributed by atoms with Gasteiger partial charge in [0.1, 0.15) is 0 Å². The quantitative estimate of drug-likeness (QED) is 0.815. The minimum atomic E-state index is 0.170. The third-order valence-corrected chi connectivity index (χ3v) is 3.52. The molecule has 1 aliphatic carbocycles. The Balaban J connectivity index is 1.71. The van der Waals surface area contributed by atoms with E-state index in [9.17, 15) is 0 Å². The lowest BCUT2D eigenvalue weighted by Gasteiger charge is -2.25. The minimum Gasteiger partial charge on any atom is -0.376 e. The first-order valence-corrected chi connectivity index (χ1v) is 6.99. The second kappa shape index (κ2) is 6.05. The molecule has 2 nitrogen and oxygen atoms in total. The molecule has 18 heavy (non-hydrogen) atoms. The lowest BCUT2D eigenvalue weighted by molar-refractivity contribution is 0.0511. The molecule has 1 aromatic rings. The van der Waals surface area contributed by atoms with Crippen LogP contribution in [0.3, 0.4) is 0 Å². The molecule has 0 unspecified atom stereocenters. The normalized spacial score (nSPS) is 15.9. The number of hydrogen-bond donors (Lipinski definition) is 1. The fourth-order valence-electron chi connectivity index (χ4n) is 1.81. The van der Waals surface area contributed by atoms with Crippen LogP contribution in [0.4, 0.5) is 0 Å². The van der Waals surface area contributed by atoms with Crippen molar-refractivity contribution in [1.29, 1.82) is 0 Å². The van der Waals surface area contributed by atoms with Crippen LogP contribution in [0.5, 0.6) is 0 Å². The molecule has 0 saturated heterocycles. The van der Waals surface area contributed by atoms with E-state index in [1.807, 2.05) is 24.3 Å². The molecular weight excluding hydrogens is 246 g/mol. The Morgan fingerprint density at radius 3 is 2.72 bits per heavy atom. The van der Waals surface area contributed by atoms with E-state index in [1.165, 1.54) is 12.8 Å². The molecule has 0 bridgehead atoms. The van der Waals surface area contributed by atoms with Crippen molar-refractivity contribution in [1.82, 2.24) is 5.32 Å². The average molecular weight is 268 g/mol. The number of ether oxygens (including phenoxy) is 1. The lowest BCUT2D eigenvalue weighted by Crippen LogP contribution is -2.34. The van der Waals surface area contributed by atoms with E-state index < -0.39 is 0 Å². The molecular formula is C15H22ClNO. The largest absolute Gasteiger partial charge is 0.376 e. The van der Waals surface area contributed by atoms with Crippen LogP contribution in [0.15, 0.2) is 24.3 Å². The van der Waals surface area contributed by atoms with Crippen molar-refractivity contribution in [3.63, 3.8) is 0 Å². The van der Waals surface area contributed by atoms with E-state index in [0.29, 0.717) is 6.61 Å². The van der Waals surface area contributed by atoms with E-state index in [0.717, 1.165) is 29.8 Å². The van der Waals surface area contributed by atoms with Crippen molar-refractivity contribution in [3.05, 3.63) is 34.9 Å². The van der Waals surface area contributed by atoms with Gasteiger partial charge in [-0.2, -0.15) is 0 Å². The summed E-state index contributed by atoms with van der Waals surface area (Å²) >= 11 is 6.09. The molecule has 100 valence electrons. The molecule has 3 heteroatoms. The van der Waals surface area contributed by atoms with E-state index in [1.54, 1.807) is 0 Å². The fraction of sp³-hybridized carbons (Fsp3) is 0.600. The van der Waals surface area contributed by atoms with Gasteiger partial charge in [-0.3, -0.25) is 0 Å².